The first-order chi connectivity index (χ1) is 24.6. The van der Waals surface area contributed by atoms with E-state index in [1.807, 2.05) is 11.8 Å². The molecule has 2 N–H and O–H groups in total. The van der Waals surface area contributed by atoms with Crippen LogP contribution >= 0.6 is 0 Å². The number of aromatic nitrogens is 3. The van der Waals surface area contributed by atoms with E-state index in [9.17, 15) is 10.2 Å². The Hall–Kier alpha value is -3.71. The second-order valence-corrected chi connectivity index (χ2v) is 15.3. The molecule has 3 atom stereocenters. The first-order valence-electron chi connectivity index (χ1n) is 18.4. The van der Waals surface area contributed by atoms with Crippen LogP contribution in [0.1, 0.15) is 64.4 Å². The molecule has 2 aromatic carbocycles. The van der Waals surface area contributed by atoms with E-state index in [0.29, 0.717) is 71.9 Å². The zero-order valence-electron chi connectivity index (χ0n) is 29.6. The highest BCUT2D eigenvalue weighted by Gasteiger charge is 2.51. The Morgan fingerprint density at radius 1 is 1.10 bits per heavy atom. The summed E-state index contributed by atoms with van der Waals surface area (Å²) < 4.78 is 50.0. The number of aryl methyl sites for hydroxylation is 1. The van der Waals surface area contributed by atoms with Crippen molar-refractivity contribution in [2.75, 3.05) is 51.5 Å². The summed E-state index contributed by atoms with van der Waals surface area (Å²) in [5.74, 6) is -0.824. The van der Waals surface area contributed by atoms with E-state index in [4.69, 9.17) is 24.2 Å². The van der Waals surface area contributed by atoms with Crippen LogP contribution in [0.5, 0.6) is 11.8 Å². The zero-order chi connectivity index (χ0) is 35.5. The van der Waals surface area contributed by atoms with Crippen LogP contribution in [0.3, 0.4) is 0 Å². The van der Waals surface area contributed by atoms with Crippen LogP contribution in [0.25, 0.3) is 32.9 Å². The molecule has 4 fully saturated rings. The molecule has 2 aromatic heterocycles. The molecular weight excluding hydrogens is 656 g/mol. The van der Waals surface area contributed by atoms with Gasteiger partial charge >= 0.3 is 6.01 Å². The van der Waals surface area contributed by atoms with E-state index >= 15 is 8.78 Å². The minimum Gasteiger partial charge on any atom is -0.508 e. The average Bonchev–Trinajstić information content (AvgIpc) is 3.44. The molecule has 2 saturated heterocycles. The standard InChI is InChI=1S/C39H47F2N5O5/c1-4-27-30(40)9-8-23-15-25(47)18-28(32(23)27)34-33(41)35-29(19-42-34)36(45-13-14-50-21-38(2,48)20-45)44-37(43-35)51-22-39-10-5-7-31(39)46(12-6-11-39)24-16-26(17-24)49-3/h8-9,15,18-19,24,26,31,47-48H,4-7,10-14,16-17,20-22H2,1-3H3. The molecule has 4 aromatic rings. The van der Waals surface area contributed by atoms with Crippen molar-refractivity contribution in [1.29, 1.82) is 0 Å². The number of phenolic OH excluding ortho intramolecular Hbond substituents is 1. The summed E-state index contributed by atoms with van der Waals surface area (Å²) in [4.78, 5) is 18.7. The van der Waals surface area contributed by atoms with Gasteiger partial charge in [-0.25, -0.2) is 8.78 Å². The van der Waals surface area contributed by atoms with Crippen molar-refractivity contribution in [3.8, 4) is 23.0 Å². The SMILES string of the molecule is CCc1c(F)ccc2cc(O)cc(-c3ncc4c(N5CCOCC(C)(O)C5)nc(OCC56CCCC5N(C5CC(OC)C5)CCC6)nc4c3F)c12. The van der Waals surface area contributed by atoms with Gasteiger partial charge in [0.2, 0.25) is 0 Å². The number of rotatable bonds is 8. The third kappa shape index (κ3) is 6.17. The minimum atomic E-state index is -1.17. The molecule has 0 radical (unpaired) electrons. The number of aliphatic hydroxyl groups is 1. The topological polar surface area (TPSA) is 113 Å². The Morgan fingerprint density at radius 3 is 2.73 bits per heavy atom. The van der Waals surface area contributed by atoms with Crippen LogP contribution in [0.4, 0.5) is 14.6 Å². The number of hydrogen-bond acceptors (Lipinski definition) is 10. The Morgan fingerprint density at radius 2 is 1.92 bits per heavy atom. The number of aromatic hydroxyl groups is 1. The second-order valence-electron chi connectivity index (χ2n) is 15.3. The molecule has 0 amide bonds. The number of ether oxygens (including phenoxy) is 3. The smallest absolute Gasteiger partial charge is 0.319 e. The lowest BCUT2D eigenvalue weighted by Crippen LogP contribution is -2.59. The average molecular weight is 704 g/mol. The fourth-order valence-electron chi connectivity index (χ4n) is 9.32. The second kappa shape index (κ2) is 13.4. The number of nitrogens with zero attached hydrogens (tertiary/aromatic N) is 5. The van der Waals surface area contributed by atoms with Crippen molar-refractivity contribution >= 4 is 27.5 Å². The van der Waals surface area contributed by atoms with Gasteiger partial charge < -0.3 is 29.3 Å². The van der Waals surface area contributed by atoms with E-state index in [2.05, 4.69) is 9.88 Å². The maximum atomic E-state index is 17.1. The summed E-state index contributed by atoms with van der Waals surface area (Å²) in [7, 11) is 1.79. The third-order valence-electron chi connectivity index (χ3n) is 11.9. The van der Waals surface area contributed by atoms with E-state index in [-0.39, 0.29) is 47.1 Å². The number of β-amino-alcohol motifs (C(OH)–C–C–N with tert-alkyl or cyclic N) is 1. The van der Waals surface area contributed by atoms with Crippen LogP contribution in [-0.4, -0.2) is 100 Å². The molecule has 0 bridgehead atoms. The maximum absolute atomic E-state index is 17.1. The quantitative estimate of drug-likeness (QED) is 0.221. The number of anilines is 1. The van der Waals surface area contributed by atoms with Gasteiger partial charge in [-0.05, 0) is 92.9 Å². The number of fused-ring (bicyclic) bond motifs is 3. The molecule has 4 heterocycles. The van der Waals surface area contributed by atoms with Crippen molar-refractivity contribution in [2.45, 2.75) is 89.0 Å². The highest BCUT2D eigenvalue weighted by Crippen LogP contribution is 2.50. The van der Waals surface area contributed by atoms with Crippen molar-refractivity contribution in [3.63, 3.8) is 0 Å². The minimum absolute atomic E-state index is 0.00145. The number of piperidine rings is 1. The Kier molecular flexibility index (Phi) is 9.01. The predicted octanol–water partition coefficient (Wildman–Crippen LogP) is 6.17. The van der Waals surface area contributed by atoms with Gasteiger partial charge in [-0.15, -0.1) is 0 Å². The fourth-order valence-corrected chi connectivity index (χ4v) is 9.32. The Labute approximate surface area is 296 Å². The molecule has 2 aliphatic carbocycles. The number of methoxy groups -OCH3 is 1. The summed E-state index contributed by atoms with van der Waals surface area (Å²) in [6, 6.07) is 6.88. The third-order valence-corrected chi connectivity index (χ3v) is 11.9. The van der Waals surface area contributed by atoms with Crippen molar-refractivity contribution < 1.29 is 33.2 Å². The maximum Gasteiger partial charge on any atom is 0.319 e. The van der Waals surface area contributed by atoms with Crippen molar-refractivity contribution in [3.05, 3.63) is 47.7 Å². The van der Waals surface area contributed by atoms with E-state index < -0.39 is 17.2 Å². The van der Waals surface area contributed by atoms with Gasteiger partial charge in [-0.3, -0.25) is 9.88 Å². The van der Waals surface area contributed by atoms with E-state index in [1.54, 1.807) is 26.2 Å². The molecule has 3 unspecified atom stereocenters. The lowest BCUT2D eigenvalue weighted by Gasteiger charge is -2.53. The molecule has 8 rings (SSSR count). The number of hydrogen-bond donors (Lipinski definition) is 2. The molecule has 2 aliphatic heterocycles. The molecule has 12 heteroatoms. The first kappa shape index (κ1) is 34.4. The zero-order valence-corrected chi connectivity index (χ0v) is 29.6. The van der Waals surface area contributed by atoms with Crippen LogP contribution in [0.15, 0.2) is 30.5 Å². The van der Waals surface area contributed by atoms with Gasteiger partial charge in [0, 0.05) is 42.9 Å². The van der Waals surface area contributed by atoms with Gasteiger partial charge in [0.25, 0.3) is 0 Å². The van der Waals surface area contributed by atoms with E-state index in [1.165, 1.54) is 18.3 Å². The van der Waals surface area contributed by atoms with E-state index in [0.717, 1.165) is 51.5 Å². The predicted molar refractivity (Wildman–Crippen MR) is 190 cm³/mol. The van der Waals surface area contributed by atoms with Crippen LogP contribution in [0, 0.1) is 17.0 Å². The summed E-state index contributed by atoms with van der Waals surface area (Å²) in [5, 5.41) is 23.2. The normalized spacial score (nSPS) is 28.5. The number of pyridine rings is 1. The summed E-state index contributed by atoms with van der Waals surface area (Å²) in [5.41, 5.74) is -0.602. The van der Waals surface area contributed by atoms with Crippen molar-refractivity contribution in [2.24, 2.45) is 5.41 Å². The molecule has 51 heavy (non-hydrogen) atoms. The van der Waals surface area contributed by atoms with Gasteiger partial charge in [0.05, 0.1) is 37.9 Å². The highest BCUT2D eigenvalue weighted by molar-refractivity contribution is 6.01. The number of halogens is 2. The van der Waals surface area contributed by atoms with Crippen LogP contribution in [0.2, 0.25) is 0 Å². The summed E-state index contributed by atoms with van der Waals surface area (Å²) in [6.45, 7) is 6.13. The van der Waals surface area contributed by atoms with Crippen LogP contribution in [-0.2, 0) is 15.9 Å². The molecule has 2 saturated carbocycles. The Balaban J connectivity index is 1.21. The molecule has 10 nitrogen and oxygen atoms in total. The number of benzene rings is 2. The lowest BCUT2D eigenvalue weighted by atomic mass is 9.73. The van der Waals surface area contributed by atoms with Gasteiger partial charge in [0.15, 0.2) is 5.82 Å². The molecule has 4 aliphatic rings. The molecule has 272 valence electrons. The number of likely N-dealkylation sites (tertiary alicyclic amines) is 1. The monoisotopic (exact) mass is 703 g/mol. The first-order valence-corrected chi connectivity index (χ1v) is 18.4. The van der Waals surface area contributed by atoms with Crippen LogP contribution < -0.4 is 9.64 Å². The molecule has 0 spiro atoms. The summed E-state index contributed by atoms with van der Waals surface area (Å²) in [6.07, 6.45) is 9.75. The van der Waals surface area contributed by atoms with Gasteiger partial charge in [-0.1, -0.05) is 19.4 Å². The van der Waals surface area contributed by atoms with Gasteiger partial charge in [-0.2, -0.15) is 9.97 Å². The lowest BCUT2D eigenvalue weighted by molar-refractivity contribution is -0.0845. The van der Waals surface area contributed by atoms with Gasteiger partial charge in [0.1, 0.15) is 34.2 Å². The fraction of sp³-hybridized carbons (Fsp3) is 0.564. The largest absolute Gasteiger partial charge is 0.508 e. The van der Waals surface area contributed by atoms with Crippen molar-refractivity contribution in [1.82, 2.24) is 19.9 Å². The Bertz CT molecular complexity index is 1960. The highest BCUT2D eigenvalue weighted by atomic mass is 19.1. The molecular formula is C39H47F2N5O5. The summed E-state index contributed by atoms with van der Waals surface area (Å²) >= 11 is 0. The number of phenols is 1.